The minimum atomic E-state index is -1.24. The lowest BCUT2D eigenvalue weighted by Crippen LogP contribution is -2.16. The molecule has 0 fully saturated rings. The second kappa shape index (κ2) is 4.75. The van der Waals surface area contributed by atoms with Crippen LogP contribution in [0.5, 0.6) is 5.75 Å². The Morgan fingerprint density at radius 3 is 2.44 bits per heavy atom. The van der Waals surface area contributed by atoms with Crippen LogP contribution in [0.3, 0.4) is 0 Å². The van der Waals surface area contributed by atoms with Gasteiger partial charge in [0.05, 0.1) is 7.11 Å². The lowest BCUT2D eigenvalue weighted by Gasteiger charge is -2.04. The predicted octanol–water partition coefficient (Wildman–Crippen LogP) is 1.75. The lowest BCUT2D eigenvalue weighted by molar-refractivity contribution is 0.0695. The molecule has 0 radical (unpaired) electrons. The Kier molecular flexibility index (Phi) is 3.14. The average molecular weight is 245 g/mol. The van der Waals surface area contributed by atoms with Crippen LogP contribution in [0.2, 0.25) is 0 Å². The zero-order valence-electron chi connectivity index (χ0n) is 9.64. The second-order valence-electron chi connectivity index (χ2n) is 3.66. The van der Waals surface area contributed by atoms with Crippen molar-refractivity contribution in [2.45, 2.75) is 0 Å². The molecule has 0 atom stereocenters. The fraction of sp³-hybridized carbons (Fsp3) is 0.0769. The normalized spacial score (nSPS) is 10.1. The molecule has 0 aliphatic carbocycles. The van der Waals surface area contributed by atoms with E-state index in [2.05, 4.69) is 4.98 Å². The molecule has 0 saturated heterocycles. The molecule has 0 aliphatic rings. The SMILES string of the molecule is COc1ccc(-c2c[nH]c(=O)c(C(=O)O)c2)cc1. The Balaban J connectivity index is 2.47. The molecule has 0 bridgehead atoms. The number of hydrogen-bond acceptors (Lipinski definition) is 3. The Hall–Kier alpha value is -2.56. The molecule has 2 rings (SSSR count). The van der Waals surface area contributed by atoms with Crippen LogP contribution in [0.4, 0.5) is 0 Å². The van der Waals surface area contributed by atoms with E-state index in [-0.39, 0.29) is 5.56 Å². The third-order valence-electron chi connectivity index (χ3n) is 2.56. The van der Waals surface area contributed by atoms with E-state index in [4.69, 9.17) is 9.84 Å². The van der Waals surface area contributed by atoms with Gasteiger partial charge in [-0.2, -0.15) is 0 Å². The zero-order valence-corrected chi connectivity index (χ0v) is 9.64. The summed E-state index contributed by atoms with van der Waals surface area (Å²) in [6.07, 6.45) is 1.48. The maximum absolute atomic E-state index is 11.3. The summed E-state index contributed by atoms with van der Waals surface area (Å²) in [5.74, 6) is -0.534. The quantitative estimate of drug-likeness (QED) is 0.863. The number of methoxy groups -OCH3 is 1. The highest BCUT2D eigenvalue weighted by molar-refractivity contribution is 5.88. The predicted molar refractivity (Wildman–Crippen MR) is 66.0 cm³/mol. The number of carboxylic acid groups (broad SMARTS) is 1. The zero-order chi connectivity index (χ0) is 13.1. The van der Waals surface area contributed by atoms with Gasteiger partial charge >= 0.3 is 5.97 Å². The van der Waals surface area contributed by atoms with Gasteiger partial charge in [-0.1, -0.05) is 12.1 Å². The molecule has 0 spiro atoms. The molecule has 5 heteroatoms. The Morgan fingerprint density at radius 2 is 1.89 bits per heavy atom. The fourth-order valence-corrected chi connectivity index (χ4v) is 1.59. The third kappa shape index (κ3) is 2.24. The van der Waals surface area contributed by atoms with Crippen LogP contribution in [-0.4, -0.2) is 23.2 Å². The van der Waals surface area contributed by atoms with Gasteiger partial charge in [0.2, 0.25) is 0 Å². The second-order valence-corrected chi connectivity index (χ2v) is 3.66. The van der Waals surface area contributed by atoms with E-state index >= 15 is 0 Å². The van der Waals surface area contributed by atoms with Crippen LogP contribution < -0.4 is 10.3 Å². The molecular formula is C13H11NO4. The number of aromatic amines is 1. The molecule has 0 amide bonds. The average Bonchev–Trinajstić information content (AvgIpc) is 2.39. The number of carboxylic acids is 1. The van der Waals surface area contributed by atoms with Crippen LogP contribution in [0.1, 0.15) is 10.4 Å². The summed E-state index contributed by atoms with van der Waals surface area (Å²) in [6.45, 7) is 0. The number of benzene rings is 1. The van der Waals surface area contributed by atoms with Crippen molar-refractivity contribution in [1.82, 2.24) is 4.98 Å². The van der Waals surface area contributed by atoms with Crippen molar-refractivity contribution in [3.8, 4) is 16.9 Å². The summed E-state index contributed by atoms with van der Waals surface area (Å²) < 4.78 is 5.03. The largest absolute Gasteiger partial charge is 0.497 e. The molecule has 18 heavy (non-hydrogen) atoms. The molecule has 2 N–H and O–H groups in total. The number of pyridine rings is 1. The third-order valence-corrected chi connectivity index (χ3v) is 2.56. The van der Waals surface area contributed by atoms with Crippen molar-refractivity contribution >= 4 is 5.97 Å². The summed E-state index contributed by atoms with van der Waals surface area (Å²) in [5, 5.41) is 8.88. The smallest absolute Gasteiger partial charge is 0.341 e. The van der Waals surface area contributed by atoms with Crippen molar-refractivity contribution in [3.63, 3.8) is 0 Å². The Morgan fingerprint density at radius 1 is 1.22 bits per heavy atom. The van der Waals surface area contributed by atoms with E-state index in [1.165, 1.54) is 12.3 Å². The topological polar surface area (TPSA) is 79.4 Å². The van der Waals surface area contributed by atoms with Crippen LogP contribution in [-0.2, 0) is 0 Å². The molecule has 2 aromatic rings. The van der Waals surface area contributed by atoms with Crippen molar-refractivity contribution < 1.29 is 14.6 Å². The molecule has 92 valence electrons. The van der Waals surface area contributed by atoms with E-state index in [1.54, 1.807) is 31.4 Å². The van der Waals surface area contributed by atoms with Gasteiger partial charge in [-0.25, -0.2) is 4.79 Å². The van der Waals surface area contributed by atoms with Gasteiger partial charge < -0.3 is 14.8 Å². The van der Waals surface area contributed by atoms with E-state index in [0.29, 0.717) is 11.3 Å². The molecule has 0 saturated carbocycles. The first-order chi connectivity index (χ1) is 8.61. The number of hydrogen-bond donors (Lipinski definition) is 2. The minimum absolute atomic E-state index is 0.275. The van der Waals surface area contributed by atoms with Gasteiger partial charge in [0, 0.05) is 6.20 Å². The van der Waals surface area contributed by atoms with Crippen LogP contribution in [0, 0.1) is 0 Å². The monoisotopic (exact) mass is 245 g/mol. The highest BCUT2D eigenvalue weighted by Crippen LogP contribution is 2.21. The maximum Gasteiger partial charge on any atom is 0.341 e. The van der Waals surface area contributed by atoms with Gasteiger partial charge in [-0.3, -0.25) is 4.79 Å². The molecular weight excluding hydrogens is 234 g/mol. The standard InChI is InChI=1S/C13H11NO4/c1-18-10-4-2-8(3-5-10)9-6-11(13(16)17)12(15)14-7-9/h2-7H,1H3,(H,14,15)(H,16,17). The van der Waals surface area contributed by atoms with E-state index in [0.717, 1.165) is 5.56 Å². The summed E-state index contributed by atoms with van der Waals surface area (Å²) in [4.78, 5) is 24.6. The van der Waals surface area contributed by atoms with Crippen LogP contribution >= 0.6 is 0 Å². The summed E-state index contributed by atoms with van der Waals surface area (Å²) in [7, 11) is 1.57. The molecule has 0 aliphatic heterocycles. The van der Waals surface area contributed by atoms with Crippen molar-refractivity contribution in [2.75, 3.05) is 7.11 Å². The van der Waals surface area contributed by atoms with Crippen molar-refractivity contribution in [1.29, 1.82) is 0 Å². The molecule has 1 aromatic heterocycles. The first kappa shape index (κ1) is 11.9. The number of ether oxygens (including phenoxy) is 1. The lowest BCUT2D eigenvalue weighted by atomic mass is 10.1. The van der Waals surface area contributed by atoms with Gasteiger partial charge in [0.1, 0.15) is 11.3 Å². The van der Waals surface area contributed by atoms with Gasteiger partial charge in [-0.15, -0.1) is 0 Å². The number of H-pyrrole nitrogens is 1. The van der Waals surface area contributed by atoms with Crippen LogP contribution in [0.25, 0.3) is 11.1 Å². The summed E-state index contributed by atoms with van der Waals surface area (Å²) in [6, 6.07) is 8.46. The number of aromatic nitrogens is 1. The Labute approximate surface area is 103 Å². The maximum atomic E-state index is 11.3. The van der Waals surface area contributed by atoms with E-state index in [1.807, 2.05) is 0 Å². The first-order valence-electron chi connectivity index (χ1n) is 5.22. The van der Waals surface area contributed by atoms with Gasteiger partial charge in [0.25, 0.3) is 5.56 Å². The fourth-order valence-electron chi connectivity index (χ4n) is 1.59. The summed E-state index contributed by atoms with van der Waals surface area (Å²) >= 11 is 0. The number of aromatic carboxylic acids is 1. The van der Waals surface area contributed by atoms with E-state index in [9.17, 15) is 9.59 Å². The number of carbonyl (C=O) groups is 1. The minimum Gasteiger partial charge on any atom is -0.497 e. The number of rotatable bonds is 3. The molecule has 0 unspecified atom stereocenters. The molecule has 5 nitrogen and oxygen atoms in total. The highest BCUT2D eigenvalue weighted by Gasteiger charge is 2.10. The van der Waals surface area contributed by atoms with Gasteiger partial charge in [0.15, 0.2) is 0 Å². The van der Waals surface area contributed by atoms with Crippen molar-refractivity contribution in [2.24, 2.45) is 0 Å². The highest BCUT2D eigenvalue weighted by atomic mass is 16.5. The van der Waals surface area contributed by atoms with Gasteiger partial charge in [-0.05, 0) is 29.3 Å². The van der Waals surface area contributed by atoms with Crippen molar-refractivity contribution in [3.05, 3.63) is 52.4 Å². The molecule has 1 aromatic carbocycles. The van der Waals surface area contributed by atoms with E-state index < -0.39 is 11.5 Å². The Bertz CT molecular complexity index is 628. The molecule has 1 heterocycles. The number of nitrogens with one attached hydrogen (secondary N) is 1. The van der Waals surface area contributed by atoms with Crippen LogP contribution in [0.15, 0.2) is 41.3 Å². The first-order valence-corrected chi connectivity index (χ1v) is 5.22. The summed E-state index contributed by atoms with van der Waals surface area (Å²) in [5.41, 5.74) is 0.548.